The van der Waals surface area contributed by atoms with Crippen molar-refractivity contribution in [1.29, 1.82) is 0 Å². The minimum atomic E-state index is -0.993. The first-order valence-electron chi connectivity index (χ1n) is 5.69. The molecule has 1 aromatic carbocycles. The predicted octanol–water partition coefficient (Wildman–Crippen LogP) is 2.84. The monoisotopic (exact) mass is 267 g/mol. The lowest BCUT2D eigenvalue weighted by Crippen LogP contribution is -2.32. The molecular formula is C14H15F2NO2. The second-order valence-corrected chi connectivity index (χ2v) is 4.76. The number of amides is 1. The fraction of sp³-hybridized carbons (Fsp3) is 0.357. The quantitative estimate of drug-likeness (QED) is 0.795. The Labute approximate surface area is 111 Å². The summed E-state index contributed by atoms with van der Waals surface area (Å²) in [7, 11) is 0. The summed E-state index contributed by atoms with van der Waals surface area (Å²) in [5.74, 6) is 3.01. The average molecular weight is 267 g/mol. The molecule has 0 aliphatic carbocycles. The third-order valence-corrected chi connectivity index (χ3v) is 1.89. The molecule has 0 spiro atoms. The molecule has 1 aromatic rings. The Morgan fingerprint density at radius 3 is 2.68 bits per heavy atom. The van der Waals surface area contributed by atoms with Crippen LogP contribution < -0.4 is 5.32 Å². The highest BCUT2D eigenvalue weighted by atomic mass is 19.2. The van der Waals surface area contributed by atoms with Crippen LogP contribution in [0.25, 0.3) is 0 Å². The Bertz CT molecular complexity index is 524. The van der Waals surface area contributed by atoms with Crippen LogP contribution in [0.15, 0.2) is 18.2 Å². The topological polar surface area (TPSA) is 38.3 Å². The summed E-state index contributed by atoms with van der Waals surface area (Å²) in [5, 5.41) is 2.39. The number of nitrogens with one attached hydrogen (secondary N) is 1. The lowest BCUT2D eigenvalue weighted by Gasteiger charge is -2.18. The zero-order chi connectivity index (χ0) is 14.5. The van der Waals surface area contributed by atoms with Crippen molar-refractivity contribution in [2.24, 2.45) is 0 Å². The van der Waals surface area contributed by atoms with E-state index in [4.69, 9.17) is 4.74 Å². The van der Waals surface area contributed by atoms with Gasteiger partial charge in [-0.15, -0.1) is 0 Å². The molecule has 0 aliphatic rings. The van der Waals surface area contributed by atoms with E-state index in [-0.39, 0.29) is 12.1 Å². The second kappa shape index (κ2) is 6.19. The van der Waals surface area contributed by atoms with Gasteiger partial charge >= 0.3 is 6.09 Å². The number of alkyl carbamates (subject to hydrolysis) is 1. The molecule has 1 N–H and O–H groups in total. The average Bonchev–Trinajstić information content (AvgIpc) is 2.27. The van der Waals surface area contributed by atoms with Crippen LogP contribution in [0.5, 0.6) is 0 Å². The third-order valence-electron chi connectivity index (χ3n) is 1.89. The van der Waals surface area contributed by atoms with Crippen LogP contribution in [-0.2, 0) is 4.74 Å². The maximum atomic E-state index is 13.2. The number of carbonyl (C=O) groups is 1. The molecule has 0 saturated carbocycles. The molecular weight excluding hydrogens is 252 g/mol. The highest BCUT2D eigenvalue weighted by Crippen LogP contribution is 2.09. The molecule has 0 saturated heterocycles. The third kappa shape index (κ3) is 5.38. The molecule has 1 amide bonds. The summed E-state index contributed by atoms with van der Waals surface area (Å²) in [5.41, 5.74) is -0.641. The maximum Gasteiger partial charge on any atom is 0.408 e. The number of hydrogen-bond acceptors (Lipinski definition) is 2. The van der Waals surface area contributed by atoms with E-state index in [1.165, 1.54) is 12.1 Å². The van der Waals surface area contributed by atoms with Crippen molar-refractivity contribution in [3.8, 4) is 11.8 Å². The smallest absolute Gasteiger partial charge is 0.408 e. The summed E-state index contributed by atoms with van der Waals surface area (Å²) < 4.78 is 31.1. The van der Waals surface area contributed by atoms with E-state index in [2.05, 4.69) is 17.2 Å². The fourth-order valence-electron chi connectivity index (χ4n) is 1.17. The first-order valence-corrected chi connectivity index (χ1v) is 5.69. The van der Waals surface area contributed by atoms with Crippen LogP contribution in [0.4, 0.5) is 13.6 Å². The molecule has 1 rings (SSSR count). The minimum Gasteiger partial charge on any atom is -0.444 e. The molecule has 102 valence electrons. The van der Waals surface area contributed by atoms with Gasteiger partial charge in [-0.05, 0) is 32.9 Å². The number of benzene rings is 1. The molecule has 0 heterocycles. The van der Waals surface area contributed by atoms with Crippen molar-refractivity contribution >= 4 is 6.09 Å². The zero-order valence-electron chi connectivity index (χ0n) is 11.0. The molecule has 3 nitrogen and oxygen atoms in total. The molecule has 0 fully saturated rings. The summed E-state index contributed by atoms with van der Waals surface area (Å²) in [6.45, 7) is 5.20. The van der Waals surface area contributed by atoms with E-state index in [1.807, 2.05) is 0 Å². The number of halogens is 2. The van der Waals surface area contributed by atoms with Crippen LogP contribution in [0.2, 0.25) is 0 Å². The van der Waals surface area contributed by atoms with Crippen LogP contribution in [0.1, 0.15) is 26.3 Å². The van der Waals surface area contributed by atoms with Crippen LogP contribution in [0, 0.1) is 23.5 Å². The van der Waals surface area contributed by atoms with E-state index in [1.54, 1.807) is 20.8 Å². The van der Waals surface area contributed by atoms with E-state index < -0.39 is 23.3 Å². The number of carbonyl (C=O) groups excluding carboxylic acids is 1. The zero-order valence-corrected chi connectivity index (χ0v) is 11.0. The van der Waals surface area contributed by atoms with Gasteiger partial charge in [0, 0.05) is 0 Å². The van der Waals surface area contributed by atoms with Gasteiger partial charge in [-0.25, -0.2) is 13.6 Å². The summed E-state index contributed by atoms with van der Waals surface area (Å²) in [4.78, 5) is 11.3. The number of ether oxygens (including phenoxy) is 1. The van der Waals surface area contributed by atoms with Crippen molar-refractivity contribution in [2.45, 2.75) is 26.4 Å². The van der Waals surface area contributed by atoms with Gasteiger partial charge in [-0.1, -0.05) is 17.9 Å². The first kappa shape index (κ1) is 15.0. The number of rotatable bonds is 1. The van der Waals surface area contributed by atoms with E-state index in [9.17, 15) is 13.6 Å². The van der Waals surface area contributed by atoms with Crippen molar-refractivity contribution in [1.82, 2.24) is 5.32 Å². The van der Waals surface area contributed by atoms with E-state index >= 15 is 0 Å². The van der Waals surface area contributed by atoms with Crippen LogP contribution in [0.3, 0.4) is 0 Å². The van der Waals surface area contributed by atoms with Gasteiger partial charge in [-0.3, -0.25) is 0 Å². The summed E-state index contributed by atoms with van der Waals surface area (Å²) >= 11 is 0. The van der Waals surface area contributed by atoms with Crippen molar-refractivity contribution in [2.75, 3.05) is 6.54 Å². The van der Waals surface area contributed by atoms with Gasteiger partial charge in [0.1, 0.15) is 5.60 Å². The van der Waals surface area contributed by atoms with Crippen molar-refractivity contribution in [3.05, 3.63) is 35.4 Å². The van der Waals surface area contributed by atoms with Crippen LogP contribution >= 0.6 is 0 Å². The highest BCUT2D eigenvalue weighted by molar-refractivity contribution is 5.68. The Hall–Kier alpha value is -2.09. The predicted molar refractivity (Wildman–Crippen MR) is 67.5 cm³/mol. The Morgan fingerprint density at radius 2 is 2.05 bits per heavy atom. The fourth-order valence-corrected chi connectivity index (χ4v) is 1.17. The van der Waals surface area contributed by atoms with Gasteiger partial charge in [-0.2, -0.15) is 0 Å². The summed E-state index contributed by atoms with van der Waals surface area (Å²) in [6, 6.07) is 3.74. The lowest BCUT2D eigenvalue weighted by atomic mass is 10.2. The second-order valence-electron chi connectivity index (χ2n) is 4.76. The number of hydrogen-bond donors (Lipinski definition) is 1. The minimum absolute atomic E-state index is 0.00906. The van der Waals surface area contributed by atoms with E-state index in [0.717, 1.165) is 6.07 Å². The first-order chi connectivity index (χ1) is 8.79. The molecule has 19 heavy (non-hydrogen) atoms. The van der Waals surface area contributed by atoms with E-state index in [0.29, 0.717) is 0 Å². The normalized spacial score (nSPS) is 10.4. The molecule has 0 atom stereocenters. The van der Waals surface area contributed by atoms with Gasteiger partial charge in [0.05, 0.1) is 12.1 Å². The molecule has 0 unspecified atom stereocenters. The highest BCUT2D eigenvalue weighted by Gasteiger charge is 2.15. The SMILES string of the molecule is CC(C)(C)OC(=O)NCC#Cc1cccc(F)c1F. The van der Waals surface area contributed by atoms with Gasteiger partial charge in [0.2, 0.25) is 0 Å². The van der Waals surface area contributed by atoms with Gasteiger partial charge in [0.25, 0.3) is 0 Å². The standard InChI is InChI=1S/C14H15F2NO2/c1-14(2,3)19-13(18)17-9-5-7-10-6-4-8-11(15)12(10)16/h4,6,8H,9H2,1-3H3,(H,17,18). The summed E-state index contributed by atoms with van der Waals surface area (Å²) in [6.07, 6.45) is -0.610. The van der Waals surface area contributed by atoms with Gasteiger partial charge in [0.15, 0.2) is 11.6 Å². The Kier molecular flexibility index (Phi) is 4.87. The Morgan fingerprint density at radius 1 is 1.37 bits per heavy atom. The van der Waals surface area contributed by atoms with Gasteiger partial charge < -0.3 is 10.1 Å². The molecule has 0 bridgehead atoms. The van der Waals surface area contributed by atoms with Crippen molar-refractivity contribution < 1.29 is 18.3 Å². The lowest BCUT2D eigenvalue weighted by molar-refractivity contribution is 0.0535. The Balaban J connectivity index is 2.53. The van der Waals surface area contributed by atoms with Crippen molar-refractivity contribution in [3.63, 3.8) is 0 Å². The molecule has 0 aliphatic heterocycles. The molecule has 5 heteroatoms. The maximum absolute atomic E-state index is 13.2. The molecule has 0 aromatic heterocycles. The molecule has 0 radical (unpaired) electrons. The largest absolute Gasteiger partial charge is 0.444 e. The van der Waals surface area contributed by atoms with Crippen LogP contribution in [-0.4, -0.2) is 18.2 Å².